The molecule has 0 fully saturated rings. The third-order valence-corrected chi connectivity index (χ3v) is 5.10. The topological polar surface area (TPSA) is 89.3 Å². The number of carbonyl (C=O) groups is 1. The van der Waals surface area contributed by atoms with Crippen molar-refractivity contribution in [3.63, 3.8) is 0 Å². The van der Waals surface area contributed by atoms with Gasteiger partial charge in [0.1, 0.15) is 10.9 Å². The van der Waals surface area contributed by atoms with Crippen LogP contribution in [-0.4, -0.2) is 20.4 Å². The van der Waals surface area contributed by atoms with Gasteiger partial charge in [-0.25, -0.2) is 8.42 Å². The molecule has 0 aliphatic rings. The summed E-state index contributed by atoms with van der Waals surface area (Å²) in [5.41, 5.74) is 6.11. The summed E-state index contributed by atoms with van der Waals surface area (Å²) in [6.45, 7) is 5.42. The summed E-state index contributed by atoms with van der Waals surface area (Å²) in [4.78, 5) is 11.4. The molecule has 0 spiro atoms. The minimum atomic E-state index is -3.89. The molecule has 0 saturated carbocycles. The molecule has 1 rings (SSSR count). The van der Waals surface area contributed by atoms with E-state index < -0.39 is 22.0 Å². The maximum Gasteiger partial charge on any atom is 0.242 e. The Bertz CT molecular complexity index is 602. The summed E-state index contributed by atoms with van der Waals surface area (Å²) in [6.07, 6.45) is 0.623. The quantitative estimate of drug-likeness (QED) is 0.838. The zero-order valence-corrected chi connectivity index (χ0v) is 13.3. The van der Waals surface area contributed by atoms with Crippen molar-refractivity contribution in [3.05, 3.63) is 28.8 Å². The second-order valence-corrected chi connectivity index (χ2v) is 6.91. The molecular weight excluding hydrogens is 300 g/mol. The van der Waals surface area contributed by atoms with Gasteiger partial charge in [0.2, 0.25) is 15.9 Å². The lowest BCUT2D eigenvalue weighted by atomic mass is 10.00. The Kier molecular flexibility index (Phi) is 5.56. The monoisotopic (exact) mass is 318 g/mol. The van der Waals surface area contributed by atoms with Crippen molar-refractivity contribution < 1.29 is 13.2 Å². The molecule has 0 aliphatic carbocycles. The number of primary amides is 1. The van der Waals surface area contributed by atoms with Gasteiger partial charge in [-0.2, -0.15) is 4.72 Å². The molecule has 112 valence electrons. The predicted octanol–water partition coefficient (Wildman–Crippen LogP) is 1.83. The van der Waals surface area contributed by atoms with Gasteiger partial charge in [0, 0.05) is 0 Å². The summed E-state index contributed by atoms with van der Waals surface area (Å²) in [5, 5.41) is 0.116. The van der Waals surface area contributed by atoms with Crippen LogP contribution in [0.15, 0.2) is 23.1 Å². The molecule has 2 atom stereocenters. The molecule has 0 bridgehead atoms. The second kappa shape index (κ2) is 6.56. The second-order valence-electron chi connectivity index (χ2n) is 4.82. The molecule has 0 aliphatic heterocycles. The van der Waals surface area contributed by atoms with Gasteiger partial charge in [-0.15, -0.1) is 0 Å². The fourth-order valence-corrected chi connectivity index (χ4v) is 3.66. The van der Waals surface area contributed by atoms with Crippen molar-refractivity contribution in [2.45, 2.75) is 38.1 Å². The molecule has 1 aromatic carbocycles. The van der Waals surface area contributed by atoms with Crippen LogP contribution in [0, 0.1) is 12.8 Å². The lowest BCUT2D eigenvalue weighted by molar-refractivity contribution is -0.120. The molecular formula is C13H19ClN2O3S. The highest BCUT2D eigenvalue weighted by Crippen LogP contribution is 2.23. The van der Waals surface area contributed by atoms with Crippen LogP contribution in [0.1, 0.15) is 25.8 Å². The Morgan fingerprint density at radius 2 is 2.05 bits per heavy atom. The summed E-state index contributed by atoms with van der Waals surface area (Å²) >= 11 is 5.96. The van der Waals surface area contributed by atoms with Crippen LogP contribution in [0.2, 0.25) is 5.02 Å². The van der Waals surface area contributed by atoms with E-state index in [0.717, 1.165) is 5.56 Å². The van der Waals surface area contributed by atoms with Crippen molar-refractivity contribution in [1.82, 2.24) is 4.72 Å². The highest BCUT2D eigenvalue weighted by molar-refractivity contribution is 7.89. The first-order valence-corrected chi connectivity index (χ1v) is 8.13. The molecule has 1 amide bonds. The molecule has 2 unspecified atom stereocenters. The van der Waals surface area contributed by atoms with E-state index in [0.29, 0.717) is 6.42 Å². The lowest BCUT2D eigenvalue weighted by Gasteiger charge is -2.21. The van der Waals surface area contributed by atoms with Crippen LogP contribution in [-0.2, 0) is 14.8 Å². The van der Waals surface area contributed by atoms with E-state index >= 15 is 0 Å². The van der Waals surface area contributed by atoms with E-state index in [-0.39, 0.29) is 15.8 Å². The zero-order chi connectivity index (χ0) is 15.5. The predicted molar refractivity (Wildman–Crippen MR) is 78.9 cm³/mol. The first kappa shape index (κ1) is 16.9. The van der Waals surface area contributed by atoms with Crippen LogP contribution in [0.25, 0.3) is 0 Å². The fourth-order valence-electron chi connectivity index (χ4n) is 1.74. The first-order chi connectivity index (χ1) is 9.19. The Balaban J connectivity index is 3.13. The van der Waals surface area contributed by atoms with Crippen molar-refractivity contribution in [3.8, 4) is 0 Å². The standard InChI is InChI=1S/C13H19ClN2O3S/c1-4-9(3)12(13(15)17)16-20(18,19)11-6-5-8(2)7-10(11)14/h5-7,9,12,16H,4H2,1-3H3,(H2,15,17). The number of hydrogen-bond donors (Lipinski definition) is 2. The van der Waals surface area contributed by atoms with Crippen LogP contribution in [0.4, 0.5) is 0 Å². The van der Waals surface area contributed by atoms with Gasteiger partial charge in [0.05, 0.1) is 5.02 Å². The third kappa shape index (κ3) is 3.94. The number of aryl methyl sites for hydroxylation is 1. The van der Waals surface area contributed by atoms with Crippen molar-refractivity contribution >= 4 is 27.5 Å². The molecule has 0 heterocycles. The maximum absolute atomic E-state index is 12.3. The van der Waals surface area contributed by atoms with Crippen LogP contribution < -0.4 is 10.5 Å². The van der Waals surface area contributed by atoms with Gasteiger partial charge < -0.3 is 5.73 Å². The van der Waals surface area contributed by atoms with Gasteiger partial charge in [0.25, 0.3) is 0 Å². The molecule has 5 nitrogen and oxygen atoms in total. The van der Waals surface area contributed by atoms with Crippen LogP contribution >= 0.6 is 11.6 Å². The highest BCUT2D eigenvalue weighted by atomic mass is 35.5. The van der Waals surface area contributed by atoms with Gasteiger partial charge >= 0.3 is 0 Å². The Morgan fingerprint density at radius 3 is 2.50 bits per heavy atom. The van der Waals surface area contributed by atoms with Gasteiger partial charge in [-0.05, 0) is 30.5 Å². The molecule has 20 heavy (non-hydrogen) atoms. The average molecular weight is 319 g/mol. The number of rotatable bonds is 6. The highest BCUT2D eigenvalue weighted by Gasteiger charge is 2.29. The smallest absolute Gasteiger partial charge is 0.242 e. The number of nitrogens with one attached hydrogen (secondary N) is 1. The van der Waals surface area contributed by atoms with Crippen molar-refractivity contribution in [2.75, 3.05) is 0 Å². The lowest BCUT2D eigenvalue weighted by Crippen LogP contribution is -2.48. The van der Waals surface area contributed by atoms with Crippen LogP contribution in [0.5, 0.6) is 0 Å². The number of amides is 1. The van der Waals surface area contributed by atoms with E-state index in [1.54, 1.807) is 26.0 Å². The number of halogens is 1. The molecule has 7 heteroatoms. The summed E-state index contributed by atoms with van der Waals surface area (Å²) in [6, 6.07) is 3.65. The minimum absolute atomic E-state index is 0.0562. The molecule has 0 aromatic heterocycles. The summed E-state index contributed by atoms with van der Waals surface area (Å²) in [5.74, 6) is -0.905. The average Bonchev–Trinajstić information content (AvgIpc) is 2.34. The van der Waals surface area contributed by atoms with Gasteiger partial charge in [-0.3, -0.25) is 4.79 Å². The zero-order valence-electron chi connectivity index (χ0n) is 11.7. The fraction of sp³-hybridized carbons (Fsp3) is 0.462. The van der Waals surface area contributed by atoms with Gasteiger partial charge in [0.15, 0.2) is 0 Å². The number of carbonyl (C=O) groups excluding carboxylic acids is 1. The Hall–Kier alpha value is -1.11. The van der Waals surface area contributed by atoms with E-state index in [4.69, 9.17) is 17.3 Å². The SMILES string of the molecule is CCC(C)C(NS(=O)(=O)c1ccc(C)cc1Cl)C(N)=O. The third-order valence-electron chi connectivity index (χ3n) is 3.18. The first-order valence-electron chi connectivity index (χ1n) is 6.26. The Labute approximate surface area is 124 Å². The molecule has 3 N–H and O–H groups in total. The number of benzene rings is 1. The summed E-state index contributed by atoms with van der Waals surface area (Å²) in [7, 11) is -3.89. The van der Waals surface area contributed by atoms with Crippen molar-refractivity contribution in [1.29, 1.82) is 0 Å². The minimum Gasteiger partial charge on any atom is -0.368 e. The maximum atomic E-state index is 12.3. The van der Waals surface area contributed by atoms with E-state index in [9.17, 15) is 13.2 Å². The molecule has 0 radical (unpaired) electrons. The van der Waals surface area contributed by atoms with Crippen LogP contribution in [0.3, 0.4) is 0 Å². The normalized spacial score (nSPS) is 14.8. The number of hydrogen-bond acceptors (Lipinski definition) is 3. The largest absolute Gasteiger partial charge is 0.368 e. The van der Waals surface area contributed by atoms with E-state index in [2.05, 4.69) is 4.72 Å². The number of nitrogens with two attached hydrogens (primary N) is 1. The van der Waals surface area contributed by atoms with E-state index in [1.807, 2.05) is 6.92 Å². The van der Waals surface area contributed by atoms with Crippen molar-refractivity contribution in [2.24, 2.45) is 11.7 Å². The Morgan fingerprint density at radius 1 is 1.45 bits per heavy atom. The van der Waals surface area contributed by atoms with E-state index in [1.165, 1.54) is 6.07 Å². The molecule has 0 saturated heterocycles. The molecule has 1 aromatic rings. The summed E-state index contributed by atoms with van der Waals surface area (Å²) < 4.78 is 26.9. The van der Waals surface area contributed by atoms with Gasteiger partial charge in [-0.1, -0.05) is 37.9 Å². The number of sulfonamides is 1.